The molecule has 1 aromatic rings. The number of esters is 1. The topological polar surface area (TPSA) is 66.2 Å². The van der Waals surface area contributed by atoms with Crippen molar-refractivity contribution in [2.24, 2.45) is 5.92 Å². The van der Waals surface area contributed by atoms with Crippen LogP contribution in [0.5, 0.6) is 0 Å². The molecular weight excluding hydrogens is 274 g/mol. The molecular formula is C14H19N3O2S. The monoisotopic (exact) mass is 293 g/mol. The van der Waals surface area contributed by atoms with E-state index in [4.69, 9.17) is 10.00 Å². The highest BCUT2D eigenvalue weighted by atomic mass is 32.1. The zero-order valence-corrected chi connectivity index (χ0v) is 12.9. The van der Waals surface area contributed by atoms with E-state index < -0.39 is 0 Å². The van der Waals surface area contributed by atoms with E-state index in [1.54, 1.807) is 11.3 Å². The Balaban J connectivity index is 2.12. The molecule has 0 saturated heterocycles. The first-order chi connectivity index (χ1) is 9.56. The average Bonchev–Trinajstić information content (AvgIpc) is 2.98. The molecule has 0 spiro atoms. The molecule has 0 amide bonds. The summed E-state index contributed by atoms with van der Waals surface area (Å²) in [5.74, 6) is -0.424. The smallest absolute Gasteiger partial charge is 0.315 e. The maximum Gasteiger partial charge on any atom is 0.315 e. The number of nitrogens with zero attached hydrogens (tertiary/aromatic N) is 3. The van der Waals surface area contributed by atoms with E-state index >= 15 is 0 Å². The molecule has 0 bridgehead atoms. The van der Waals surface area contributed by atoms with Crippen LogP contribution in [0.15, 0.2) is 0 Å². The fourth-order valence-corrected chi connectivity index (χ4v) is 3.49. The Morgan fingerprint density at radius 2 is 2.45 bits per heavy atom. The third-order valence-electron chi connectivity index (χ3n) is 3.37. The van der Waals surface area contributed by atoms with E-state index in [9.17, 15) is 4.79 Å². The van der Waals surface area contributed by atoms with E-state index in [1.807, 2.05) is 25.8 Å². The number of anilines is 1. The molecule has 2 unspecified atom stereocenters. The van der Waals surface area contributed by atoms with Crippen molar-refractivity contribution in [2.45, 2.75) is 32.6 Å². The number of nitriles is 1. The van der Waals surface area contributed by atoms with Gasteiger partial charge < -0.3 is 9.64 Å². The predicted molar refractivity (Wildman–Crippen MR) is 77.9 cm³/mol. The van der Waals surface area contributed by atoms with Crippen LogP contribution in [0.25, 0.3) is 0 Å². The molecule has 2 rings (SSSR count). The molecule has 0 fully saturated rings. The Hall–Kier alpha value is -1.61. The van der Waals surface area contributed by atoms with Gasteiger partial charge in [0.1, 0.15) is 5.92 Å². The van der Waals surface area contributed by atoms with Crippen molar-refractivity contribution in [3.05, 3.63) is 10.6 Å². The number of hydrogen-bond acceptors (Lipinski definition) is 6. The zero-order valence-electron chi connectivity index (χ0n) is 12.0. The minimum Gasteiger partial charge on any atom is -0.465 e. The first-order valence-corrected chi connectivity index (χ1v) is 7.65. The summed E-state index contributed by atoms with van der Waals surface area (Å²) in [5.41, 5.74) is 0.875. The highest BCUT2D eigenvalue weighted by Crippen LogP contribution is 2.39. The Labute approximate surface area is 123 Å². The highest BCUT2D eigenvalue weighted by Gasteiger charge is 2.34. The van der Waals surface area contributed by atoms with Gasteiger partial charge >= 0.3 is 5.97 Å². The minimum absolute atomic E-state index is 0.0420. The lowest BCUT2D eigenvalue weighted by Gasteiger charge is -2.17. The molecule has 1 aliphatic rings. The van der Waals surface area contributed by atoms with Crippen molar-refractivity contribution in [3.8, 4) is 6.07 Å². The Bertz CT molecular complexity index is 535. The van der Waals surface area contributed by atoms with Crippen molar-refractivity contribution in [1.82, 2.24) is 4.98 Å². The number of ether oxygens (including phenoxy) is 1. The van der Waals surface area contributed by atoms with Gasteiger partial charge in [0, 0.05) is 18.5 Å². The fraction of sp³-hybridized carbons (Fsp3) is 0.643. The molecule has 0 saturated carbocycles. The largest absolute Gasteiger partial charge is 0.465 e. The Morgan fingerprint density at radius 3 is 3.10 bits per heavy atom. The van der Waals surface area contributed by atoms with Crippen molar-refractivity contribution >= 4 is 22.4 Å². The zero-order chi connectivity index (χ0) is 14.7. The number of hydrogen-bond donors (Lipinski definition) is 0. The number of rotatable bonds is 5. The summed E-state index contributed by atoms with van der Waals surface area (Å²) < 4.78 is 5.10. The Kier molecular flexibility index (Phi) is 4.61. The summed E-state index contributed by atoms with van der Waals surface area (Å²) in [6.45, 7) is 4.75. The maximum absolute atomic E-state index is 11.9. The van der Waals surface area contributed by atoms with Gasteiger partial charge in [0.15, 0.2) is 5.13 Å². The lowest BCUT2D eigenvalue weighted by Crippen LogP contribution is -2.23. The van der Waals surface area contributed by atoms with E-state index in [1.165, 1.54) is 4.88 Å². The number of carbonyl (C=O) groups excluding carboxylic acids is 1. The molecule has 0 radical (unpaired) electrons. The molecule has 5 nitrogen and oxygen atoms in total. The lowest BCUT2D eigenvalue weighted by molar-refractivity contribution is -0.145. The SMILES string of the molecule is CCOC(=O)C1CCc2sc(N(C)CC(C)C#N)nc21. The van der Waals surface area contributed by atoms with Gasteiger partial charge in [0.2, 0.25) is 0 Å². The summed E-state index contributed by atoms with van der Waals surface area (Å²) in [6, 6.07) is 2.22. The van der Waals surface area contributed by atoms with Gasteiger partial charge in [-0.25, -0.2) is 4.98 Å². The first-order valence-electron chi connectivity index (χ1n) is 6.83. The van der Waals surface area contributed by atoms with Crippen LogP contribution in [0.4, 0.5) is 5.13 Å². The average molecular weight is 293 g/mol. The quantitative estimate of drug-likeness (QED) is 0.779. The van der Waals surface area contributed by atoms with E-state index in [-0.39, 0.29) is 17.8 Å². The van der Waals surface area contributed by atoms with Gasteiger partial charge in [0.25, 0.3) is 0 Å². The summed E-state index contributed by atoms with van der Waals surface area (Å²) in [7, 11) is 1.93. The standard InChI is InChI=1S/C14H19N3O2S/c1-4-19-13(18)10-5-6-11-12(10)16-14(20-11)17(3)8-9(2)7-15/h9-10H,4-6,8H2,1-3H3. The molecule has 2 atom stereocenters. The molecule has 0 aromatic carbocycles. The van der Waals surface area contributed by atoms with Crippen molar-refractivity contribution in [3.63, 3.8) is 0 Å². The second kappa shape index (κ2) is 6.23. The number of thiazole rings is 1. The number of aryl methyl sites for hydroxylation is 1. The van der Waals surface area contributed by atoms with Crippen LogP contribution < -0.4 is 4.90 Å². The van der Waals surface area contributed by atoms with Gasteiger partial charge in [-0.15, -0.1) is 11.3 Å². The second-order valence-corrected chi connectivity index (χ2v) is 6.12. The van der Waals surface area contributed by atoms with Crippen molar-refractivity contribution < 1.29 is 9.53 Å². The van der Waals surface area contributed by atoms with E-state index in [0.29, 0.717) is 13.2 Å². The van der Waals surface area contributed by atoms with Crippen LogP contribution in [0, 0.1) is 17.2 Å². The number of fused-ring (bicyclic) bond motifs is 1. The van der Waals surface area contributed by atoms with Crippen LogP contribution in [0.1, 0.15) is 36.8 Å². The van der Waals surface area contributed by atoms with Gasteiger partial charge in [0.05, 0.1) is 24.3 Å². The summed E-state index contributed by atoms with van der Waals surface area (Å²) in [6.07, 6.45) is 1.68. The third kappa shape index (κ3) is 2.93. The predicted octanol–water partition coefficient (Wildman–Crippen LogP) is 2.33. The maximum atomic E-state index is 11.9. The van der Waals surface area contributed by atoms with Crippen LogP contribution in [-0.4, -0.2) is 31.2 Å². The van der Waals surface area contributed by atoms with Gasteiger partial charge in [-0.1, -0.05) is 0 Å². The molecule has 6 heteroatoms. The van der Waals surface area contributed by atoms with Crippen LogP contribution >= 0.6 is 11.3 Å². The number of carbonyl (C=O) groups is 1. The third-order valence-corrected chi connectivity index (χ3v) is 4.62. The van der Waals surface area contributed by atoms with Gasteiger partial charge in [-0.05, 0) is 26.7 Å². The molecule has 20 heavy (non-hydrogen) atoms. The molecule has 1 heterocycles. The highest BCUT2D eigenvalue weighted by molar-refractivity contribution is 7.15. The molecule has 0 N–H and O–H groups in total. The fourth-order valence-electron chi connectivity index (χ4n) is 2.38. The summed E-state index contributed by atoms with van der Waals surface area (Å²) >= 11 is 1.62. The second-order valence-electron chi connectivity index (χ2n) is 5.06. The molecule has 0 aliphatic heterocycles. The van der Waals surface area contributed by atoms with Crippen molar-refractivity contribution in [2.75, 3.05) is 25.1 Å². The summed E-state index contributed by atoms with van der Waals surface area (Å²) in [5, 5.41) is 9.75. The first kappa shape index (κ1) is 14.8. The van der Waals surface area contributed by atoms with Gasteiger partial charge in [-0.2, -0.15) is 5.26 Å². The minimum atomic E-state index is -0.211. The Morgan fingerprint density at radius 1 is 1.70 bits per heavy atom. The van der Waals surface area contributed by atoms with E-state index in [2.05, 4.69) is 11.1 Å². The molecule has 108 valence electrons. The van der Waals surface area contributed by atoms with Crippen LogP contribution in [0.2, 0.25) is 0 Å². The van der Waals surface area contributed by atoms with Crippen LogP contribution in [-0.2, 0) is 16.0 Å². The van der Waals surface area contributed by atoms with Crippen LogP contribution in [0.3, 0.4) is 0 Å². The normalized spacial score (nSPS) is 18.2. The molecule has 1 aromatic heterocycles. The van der Waals surface area contributed by atoms with Crippen molar-refractivity contribution in [1.29, 1.82) is 5.26 Å². The number of aromatic nitrogens is 1. The molecule has 1 aliphatic carbocycles. The summed E-state index contributed by atoms with van der Waals surface area (Å²) in [4.78, 5) is 19.7. The van der Waals surface area contributed by atoms with Gasteiger partial charge in [-0.3, -0.25) is 4.79 Å². The van der Waals surface area contributed by atoms with E-state index in [0.717, 1.165) is 23.7 Å². The lowest BCUT2D eigenvalue weighted by atomic mass is 10.1.